The molecule has 1 heterocycles. The van der Waals surface area contributed by atoms with Crippen LogP contribution >= 0.6 is 22.9 Å². The Kier molecular flexibility index (Phi) is 6.42. The number of aryl methyl sites for hydroxylation is 1. The number of nitrogens with one attached hydrogen (secondary N) is 1. The molecular weight excluding hydrogens is 382 g/mol. The fourth-order valence-electron chi connectivity index (χ4n) is 2.46. The van der Waals surface area contributed by atoms with Crippen molar-refractivity contribution in [1.29, 1.82) is 0 Å². The maximum absolute atomic E-state index is 12.5. The molecule has 3 aromatic rings. The standard InChI is InChI=1S/C20H20ClN3O2S/c1-3-13-5-11-16(12-6-13)26-17(4-2)18(25)22-20-24-23-19(27-20)14-7-9-15(21)10-8-14/h5-12,17H,3-4H2,1-2H3,(H,22,24,25). The highest BCUT2D eigenvalue weighted by atomic mass is 35.5. The van der Waals surface area contributed by atoms with E-state index in [1.54, 1.807) is 12.1 Å². The maximum atomic E-state index is 12.5. The predicted molar refractivity (Wildman–Crippen MR) is 110 cm³/mol. The summed E-state index contributed by atoms with van der Waals surface area (Å²) < 4.78 is 5.83. The second kappa shape index (κ2) is 8.97. The molecule has 0 radical (unpaired) electrons. The van der Waals surface area contributed by atoms with Gasteiger partial charge in [0, 0.05) is 10.6 Å². The molecule has 0 saturated heterocycles. The van der Waals surface area contributed by atoms with Crippen molar-refractivity contribution < 1.29 is 9.53 Å². The van der Waals surface area contributed by atoms with Crippen LogP contribution in [0.4, 0.5) is 5.13 Å². The summed E-state index contributed by atoms with van der Waals surface area (Å²) in [5.74, 6) is 0.434. The molecule has 1 atom stereocenters. The van der Waals surface area contributed by atoms with E-state index in [0.29, 0.717) is 27.3 Å². The summed E-state index contributed by atoms with van der Waals surface area (Å²) in [7, 11) is 0. The molecule has 7 heteroatoms. The lowest BCUT2D eigenvalue weighted by atomic mass is 10.2. The van der Waals surface area contributed by atoms with Crippen LogP contribution in [0.15, 0.2) is 48.5 Å². The smallest absolute Gasteiger partial charge is 0.267 e. The van der Waals surface area contributed by atoms with Crippen LogP contribution in [0.5, 0.6) is 5.75 Å². The van der Waals surface area contributed by atoms with Gasteiger partial charge in [0.25, 0.3) is 5.91 Å². The van der Waals surface area contributed by atoms with Gasteiger partial charge < -0.3 is 4.74 Å². The molecule has 5 nitrogen and oxygen atoms in total. The number of rotatable bonds is 7. The number of halogens is 1. The van der Waals surface area contributed by atoms with Gasteiger partial charge in [-0.15, -0.1) is 10.2 Å². The van der Waals surface area contributed by atoms with Gasteiger partial charge in [-0.05, 0) is 42.7 Å². The lowest BCUT2D eigenvalue weighted by Gasteiger charge is -2.16. The Morgan fingerprint density at radius 2 is 1.81 bits per heavy atom. The van der Waals surface area contributed by atoms with Crippen molar-refractivity contribution in [2.45, 2.75) is 32.8 Å². The Morgan fingerprint density at radius 1 is 1.11 bits per heavy atom. The molecule has 0 bridgehead atoms. The van der Waals surface area contributed by atoms with Crippen LogP contribution in [0.25, 0.3) is 10.6 Å². The highest BCUT2D eigenvalue weighted by Crippen LogP contribution is 2.27. The van der Waals surface area contributed by atoms with Crippen LogP contribution in [0.2, 0.25) is 5.02 Å². The molecule has 0 aliphatic rings. The van der Waals surface area contributed by atoms with Gasteiger partial charge in [-0.3, -0.25) is 10.1 Å². The van der Waals surface area contributed by atoms with Crippen LogP contribution in [0.1, 0.15) is 25.8 Å². The predicted octanol–water partition coefficient (Wildman–Crippen LogP) is 5.22. The van der Waals surface area contributed by atoms with E-state index in [0.717, 1.165) is 12.0 Å². The molecule has 1 aromatic heterocycles. The highest BCUT2D eigenvalue weighted by molar-refractivity contribution is 7.18. The SMILES string of the molecule is CCc1ccc(OC(CC)C(=O)Nc2nnc(-c3ccc(Cl)cc3)s2)cc1. The lowest BCUT2D eigenvalue weighted by Crippen LogP contribution is -2.32. The van der Waals surface area contributed by atoms with Crippen molar-refractivity contribution in [1.82, 2.24) is 10.2 Å². The number of aromatic nitrogens is 2. The summed E-state index contributed by atoms with van der Waals surface area (Å²) in [4.78, 5) is 12.5. The Balaban J connectivity index is 1.65. The average molecular weight is 402 g/mol. The summed E-state index contributed by atoms with van der Waals surface area (Å²) in [5, 5.41) is 12.8. The number of carbonyl (C=O) groups excluding carboxylic acids is 1. The third-order valence-corrected chi connectivity index (χ3v) is 5.16. The van der Waals surface area contributed by atoms with Crippen LogP contribution in [0.3, 0.4) is 0 Å². The molecular formula is C20H20ClN3O2S. The Bertz CT molecular complexity index is 894. The van der Waals surface area contributed by atoms with Gasteiger partial charge in [0.05, 0.1) is 0 Å². The molecule has 0 aliphatic heterocycles. The monoisotopic (exact) mass is 401 g/mol. The average Bonchev–Trinajstić information content (AvgIpc) is 3.15. The molecule has 0 spiro atoms. The van der Waals surface area contributed by atoms with Crippen molar-refractivity contribution in [2.24, 2.45) is 0 Å². The molecule has 0 fully saturated rings. The summed E-state index contributed by atoms with van der Waals surface area (Å²) in [6, 6.07) is 15.1. The van der Waals surface area contributed by atoms with E-state index >= 15 is 0 Å². The first-order valence-electron chi connectivity index (χ1n) is 8.75. The van der Waals surface area contributed by atoms with Crippen molar-refractivity contribution in [3.8, 4) is 16.3 Å². The largest absolute Gasteiger partial charge is 0.481 e. The fraction of sp³-hybridized carbons (Fsp3) is 0.250. The van der Waals surface area contributed by atoms with Gasteiger partial charge in [0.15, 0.2) is 6.10 Å². The Morgan fingerprint density at radius 3 is 2.44 bits per heavy atom. The van der Waals surface area contributed by atoms with Crippen molar-refractivity contribution >= 4 is 34.0 Å². The normalized spacial score (nSPS) is 11.8. The Hall–Kier alpha value is -2.44. The van der Waals surface area contributed by atoms with Gasteiger partial charge >= 0.3 is 0 Å². The van der Waals surface area contributed by atoms with Crippen LogP contribution < -0.4 is 10.1 Å². The van der Waals surface area contributed by atoms with Gasteiger partial charge in [-0.1, -0.05) is 61.1 Å². The zero-order valence-corrected chi connectivity index (χ0v) is 16.7. The number of nitrogens with zero attached hydrogens (tertiary/aromatic N) is 2. The third kappa shape index (κ3) is 5.05. The molecule has 140 valence electrons. The first-order chi connectivity index (χ1) is 13.1. The first kappa shape index (κ1) is 19.3. The van der Waals surface area contributed by atoms with E-state index in [1.807, 2.05) is 43.3 Å². The summed E-state index contributed by atoms with van der Waals surface area (Å²) in [5.41, 5.74) is 2.13. The minimum Gasteiger partial charge on any atom is -0.481 e. The van der Waals surface area contributed by atoms with Gasteiger partial charge in [-0.25, -0.2) is 0 Å². The Labute approximate surface area is 167 Å². The molecule has 2 aromatic carbocycles. The fourth-order valence-corrected chi connectivity index (χ4v) is 3.34. The number of ether oxygens (including phenoxy) is 1. The van der Waals surface area contributed by atoms with Crippen molar-refractivity contribution in [3.63, 3.8) is 0 Å². The molecule has 0 aliphatic carbocycles. The first-order valence-corrected chi connectivity index (χ1v) is 9.94. The quantitative estimate of drug-likeness (QED) is 0.589. The van der Waals surface area contributed by atoms with E-state index in [1.165, 1.54) is 16.9 Å². The minimum absolute atomic E-state index is 0.240. The second-order valence-electron chi connectivity index (χ2n) is 5.92. The van der Waals surface area contributed by atoms with Crippen LogP contribution in [0, 0.1) is 0 Å². The van der Waals surface area contributed by atoms with E-state index in [4.69, 9.17) is 16.3 Å². The summed E-state index contributed by atoms with van der Waals surface area (Å²) in [6.07, 6.45) is 0.912. The molecule has 27 heavy (non-hydrogen) atoms. The van der Waals surface area contributed by atoms with E-state index < -0.39 is 6.10 Å². The third-order valence-electron chi connectivity index (χ3n) is 4.02. The maximum Gasteiger partial charge on any atom is 0.267 e. The minimum atomic E-state index is -0.597. The van der Waals surface area contributed by atoms with E-state index in [2.05, 4.69) is 22.4 Å². The number of benzene rings is 2. The second-order valence-corrected chi connectivity index (χ2v) is 7.33. The lowest BCUT2D eigenvalue weighted by molar-refractivity contribution is -0.122. The molecule has 1 N–H and O–H groups in total. The number of anilines is 1. The van der Waals surface area contributed by atoms with Gasteiger partial charge in [0.1, 0.15) is 10.8 Å². The zero-order valence-electron chi connectivity index (χ0n) is 15.1. The molecule has 0 saturated carbocycles. The number of amides is 1. The molecule has 3 rings (SSSR count). The van der Waals surface area contributed by atoms with Crippen LogP contribution in [-0.2, 0) is 11.2 Å². The van der Waals surface area contributed by atoms with E-state index in [-0.39, 0.29) is 5.91 Å². The van der Waals surface area contributed by atoms with E-state index in [9.17, 15) is 4.79 Å². The number of hydrogen-bond acceptors (Lipinski definition) is 5. The highest BCUT2D eigenvalue weighted by Gasteiger charge is 2.20. The number of carbonyl (C=O) groups is 1. The van der Waals surface area contributed by atoms with Crippen LogP contribution in [-0.4, -0.2) is 22.2 Å². The van der Waals surface area contributed by atoms with Crippen molar-refractivity contribution in [2.75, 3.05) is 5.32 Å². The molecule has 1 amide bonds. The number of hydrogen-bond donors (Lipinski definition) is 1. The van der Waals surface area contributed by atoms with Gasteiger partial charge in [0.2, 0.25) is 5.13 Å². The summed E-state index contributed by atoms with van der Waals surface area (Å²) >= 11 is 7.21. The van der Waals surface area contributed by atoms with Crippen molar-refractivity contribution in [3.05, 3.63) is 59.1 Å². The van der Waals surface area contributed by atoms with Gasteiger partial charge in [-0.2, -0.15) is 0 Å². The molecule has 1 unspecified atom stereocenters. The summed E-state index contributed by atoms with van der Waals surface area (Å²) in [6.45, 7) is 4.00. The zero-order chi connectivity index (χ0) is 19.2. The topological polar surface area (TPSA) is 64.1 Å².